The molecule has 124 valence electrons. The molecule has 0 bridgehead atoms. The van der Waals surface area contributed by atoms with Gasteiger partial charge >= 0.3 is 0 Å². The first-order valence-electron chi connectivity index (χ1n) is 8.20. The molecule has 0 radical (unpaired) electrons. The Hall–Kier alpha value is -1.46. The molecule has 23 heavy (non-hydrogen) atoms. The van der Waals surface area contributed by atoms with E-state index in [1.165, 1.54) is 36.7 Å². The van der Waals surface area contributed by atoms with Gasteiger partial charge in [0.05, 0.1) is 11.5 Å². The number of carbonyl (C=O) groups excluding carboxylic acids is 1. The van der Waals surface area contributed by atoms with Gasteiger partial charge < -0.3 is 9.64 Å². The Morgan fingerprint density at radius 3 is 2.61 bits per heavy atom. The van der Waals surface area contributed by atoms with Gasteiger partial charge in [0.1, 0.15) is 5.82 Å². The lowest BCUT2D eigenvalue weighted by atomic mass is 10.1. The average Bonchev–Trinajstić information content (AvgIpc) is 2.87. The predicted molar refractivity (Wildman–Crippen MR) is 91.5 cm³/mol. The molecule has 0 saturated carbocycles. The van der Waals surface area contributed by atoms with Crippen molar-refractivity contribution in [2.24, 2.45) is 0 Å². The lowest BCUT2D eigenvalue weighted by Crippen LogP contribution is -2.33. The summed E-state index contributed by atoms with van der Waals surface area (Å²) in [6.45, 7) is 1.85. The summed E-state index contributed by atoms with van der Waals surface area (Å²) < 4.78 is 20.3. The highest BCUT2D eigenvalue weighted by atomic mass is 32.1. The Morgan fingerprint density at radius 1 is 1.22 bits per heavy atom. The van der Waals surface area contributed by atoms with Crippen LogP contribution in [0.2, 0.25) is 0 Å². The molecule has 0 unspecified atom stereocenters. The van der Waals surface area contributed by atoms with Gasteiger partial charge in [-0.2, -0.15) is 0 Å². The number of benzene rings is 1. The normalized spacial score (nSPS) is 16.3. The molecule has 3 rings (SSSR count). The summed E-state index contributed by atoms with van der Waals surface area (Å²) in [4.78, 5) is 15.6. The quantitative estimate of drug-likeness (QED) is 0.821. The Bertz CT molecular complexity index is 690. The number of thiophene rings is 1. The van der Waals surface area contributed by atoms with Crippen molar-refractivity contribution in [1.82, 2.24) is 4.90 Å². The number of rotatable bonds is 3. The van der Waals surface area contributed by atoms with Crippen LogP contribution in [-0.4, -0.2) is 31.0 Å². The number of likely N-dealkylation sites (tertiary alicyclic amines) is 1. The summed E-state index contributed by atoms with van der Waals surface area (Å²) in [7, 11) is 1.58. The SMILES string of the molecule is COCc1c(C(=O)N2CCCCCCC2)sc2cccc(F)c12. The summed E-state index contributed by atoms with van der Waals surface area (Å²) in [5, 5.41) is 0.537. The smallest absolute Gasteiger partial charge is 0.264 e. The fourth-order valence-corrected chi connectivity index (χ4v) is 4.41. The van der Waals surface area contributed by atoms with Gasteiger partial charge in [0.15, 0.2) is 0 Å². The van der Waals surface area contributed by atoms with Gasteiger partial charge in [0.2, 0.25) is 0 Å². The van der Waals surface area contributed by atoms with E-state index >= 15 is 0 Å². The molecule has 2 heterocycles. The van der Waals surface area contributed by atoms with Crippen LogP contribution < -0.4 is 0 Å². The number of hydrogen-bond acceptors (Lipinski definition) is 3. The largest absolute Gasteiger partial charge is 0.380 e. The number of methoxy groups -OCH3 is 1. The molecule has 1 aromatic heterocycles. The van der Waals surface area contributed by atoms with E-state index in [2.05, 4.69) is 0 Å². The minimum absolute atomic E-state index is 0.0274. The molecule has 0 aliphatic carbocycles. The van der Waals surface area contributed by atoms with Crippen molar-refractivity contribution in [2.45, 2.75) is 38.7 Å². The van der Waals surface area contributed by atoms with Crippen LogP contribution in [0.25, 0.3) is 10.1 Å². The molecule has 1 aromatic carbocycles. The number of halogens is 1. The molecule has 0 atom stereocenters. The molecular formula is C18H22FNO2S. The lowest BCUT2D eigenvalue weighted by molar-refractivity contribution is 0.0743. The monoisotopic (exact) mass is 335 g/mol. The maximum Gasteiger partial charge on any atom is 0.264 e. The van der Waals surface area contributed by atoms with Gasteiger partial charge in [0.25, 0.3) is 5.91 Å². The number of fused-ring (bicyclic) bond motifs is 1. The van der Waals surface area contributed by atoms with E-state index in [-0.39, 0.29) is 18.3 Å². The minimum Gasteiger partial charge on any atom is -0.380 e. The third-order valence-corrected chi connectivity index (χ3v) is 5.57. The van der Waals surface area contributed by atoms with Gasteiger partial charge in [-0.05, 0) is 25.0 Å². The van der Waals surface area contributed by atoms with Crippen molar-refractivity contribution < 1.29 is 13.9 Å². The standard InChI is InChI=1S/C18H22FNO2S/c1-22-12-13-16-14(19)8-7-9-15(16)23-17(13)18(21)20-10-5-3-2-4-6-11-20/h7-9H,2-6,10-12H2,1H3. The minimum atomic E-state index is -0.280. The molecule has 1 saturated heterocycles. The van der Waals surface area contributed by atoms with Crippen LogP contribution in [0.15, 0.2) is 18.2 Å². The second kappa shape index (κ2) is 7.41. The van der Waals surface area contributed by atoms with Crippen LogP contribution in [0, 0.1) is 5.82 Å². The van der Waals surface area contributed by atoms with E-state index in [0.717, 1.165) is 30.6 Å². The highest BCUT2D eigenvalue weighted by molar-refractivity contribution is 7.21. The van der Waals surface area contributed by atoms with Crippen molar-refractivity contribution in [1.29, 1.82) is 0 Å². The third-order valence-electron chi connectivity index (χ3n) is 4.39. The van der Waals surface area contributed by atoms with Gasteiger partial charge in [-0.1, -0.05) is 25.3 Å². The lowest BCUT2D eigenvalue weighted by Gasteiger charge is -2.24. The van der Waals surface area contributed by atoms with E-state index in [0.29, 0.717) is 15.8 Å². The second-order valence-corrected chi connectivity index (χ2v) is 7.07. The van der Waals surface area contributed by atoms with E-state index in [1.807, 2.05) is 11.0 Å². The first kappa shape index (κ1) is 16.4. The van der Waals surface area contributed by atoms with Crippen LogP contribution in [-0.2, 0) is 11.3 Å². The fraction of sp³-hybridized carbons (Fsp3) is 0.500. The van der Waals surface area contributed by atoms with E-state index < -0.39 is 0 Å². The van der Waals surface area contributed by atoms with Crippen molar-refractivity contribution in [3.8, 4) is 0 Å². The summed E-state index contributed by atoms with van der Waals surface area (Å²) in [6, 6.07) is 5.00. The highest BCUT2D eigenvalue weighted by Crippen LogP contribution is 2.34. The maximum atomic E-state index is 14.2. The molecule has 2 aromatic rings. The molecule has 0 spiro atoms. The molecule has 1 amide bonds. The van der Waals surface area contributed by atoms with Crippen molar-refractivity contribution in [3.63, 3.8) is 0 Å². The van der Waals surface area contributed by atoms with Crippen molar-refractivity contribution in [2.75, 3.05) is 20.2 Å². The summed E-state index contributed by atoms with van der Waals surface area (Å²) in [6.07, 6.45) is 5.70. The van der Waals surface area contributed by atoms with Crippen molar-refractivity contribution >= 4 is 27.3 Å². The summed E-state index contributed by atoms with van der Waals surface area (Å²) in [5.74, 6) is -0.253. The molecule has 5 heteroatoms. The van der Waals surface area contributed by atoms with E-state index in [9.17, 15) is 9.18 Å². The van der Waals surface area contributed by atoms with Crippen LogP contribution in [0.5, 0.6) is 0 Å². The number of hydrogen-bond donors (Lipinski definition) is 0. The zero-order valence-corrected chi connectivity index (χ0v) is 14.3. The average molecular weight is 335 g/mol. The van der Waals surface area contributed by atoms with Gasteiger partial charge in [0, 0.05) is 35.8 Å². The van der Waals surface area contributed by atoms with Crippen LogP contribution in [0.4, 0.5) is 4.39 Å². The van der Waals surface area contributed by atoms with Gasteiger partial charge in [-0.3, -0.25) is 4.79 Å². The molecule has 1 fully saturated rings. The van der Waals surface area contributed by atoms with Crippen LogP contribution in [0.3, 0.4) is 0 Å². The number of nitrogens with zero attached hydrogens (tertiary/aromatic N) is 1. The molecule has 0 N–H and O–H groups in total. The summed E-state index contributed by atoms with van der Waals surface area (Å²) in [5.41, 5.74) is 0.692. The van der Waals surface area contributed by atoms with Gasteiger partial charge in [-0.15, -0.1) is 11.3 Å². The molecule has 3 nitrogen and oxygen atoms in total. The Morgan fingerprint density at radius 2 is 1.91 bits per heavy atom. The zero-order chi connectivity index (χ0) is 16.2. The molecular weight excluding hydrogens is 313 g/mol. The number of amides is 1. The number of carbonyl (C=O) groups is 1. The van der Waals surface area contributed by atoms with Gasteiger partial charge in [-0.25, -0.2) is 4.39 Å². The second-order valence-electron chi connectivity index (χ2n) is 6.02. The van der Waals surface area contributed by atoms with Crippen molar-refractivity contribution in [3.05, 3.63) is 34.5 Å². The number of ether oxygens (including phenoxy) is 1. The van der Waals surface area contributed by atoms with E-state index in [4.69, 9.17) is 4.74 Å². The zero-order valence-electron chi connectivity index (χ0n) is 13.4. The fourth-order valence-electron chi connectivity index (χ4n) is 3.22. The Kier molecular flexibility index (Phi) is 5.28. The van der Waals surface area contributed by atoms with Crippen LogP contribution >= 0.6 is 11.3 Å². The first-order valence-corrected chi connectivity index (χ1v) is 9.02. The molecule has 1 aliphatic heterocycles. The topological polar surface area (TPSA) is 29.5 Å². The third kappa shape index (κ3) is 3.40. The maximum absolute atomic E-state index is 14.2. The van der Waals surface area contributed by atoms with E-state index in [1.54, 1.807) is 13.2 Å². The van der Waals surface area contributed by atoms with Crippen LogP contribution in [0.1, 0.15) is 47.3 Å². The Labute approximate surface area is 140 Å². The molecule has 1 aliphatic rings. The summed E-state index contributed by atoms with van der Waals surface area (Å²) >= 11 is 1.38. The predicted octanol–water partition coefficient (Wildman–Crippen LogP) is 4.59. The highest BCUT2D eigenvalue weighted by Gasteiger charge is 2.24. The first-order chi connectivity index (χ1) is 11.2. The Balaban J connectivity index is 1.98.